The number of hydrogen-bond acceptors (Lipinski definition) is 4. The van der Waals surface area contributed by atoms with Gasteiger partial charge in [-0.15, -0.1) is 0 Å². The molecule has 1 heterocycles. The molecule has 7 heteroatoms. The number of hydrogen-bond donors (Lipinski definition) is 2. The van der Waals surface area contributed by atoms with Gasteiger partial charge in [-0.2, -0.15) is 0 Å². The number of halogens is 1. The van der Waals surface area contributed by atoms with Crippen LogP contribution in [-0.2, 0) is 6.54 Å². The third kappa shape index (κ3) is 5.17. The van der Waals surface area contributed by atoms with Crippen LogP contribution in [0.25, 0.3) is 11.0 Å². The molecule has 176 valence electrons. The number of H-pyrrole nitrogens is 1. The van der Waals surface area contributed by atoms with Crippen molar-refractivity contribution in [2.24, 2.45) is 0 Å². The van der Waals surface area contributed by atoms with Gasteiger partial charge < -0.3 is 20.1 Å². The van der Waals surface area contributed by atoms with Gasteiger partial charge in [0.1, 0.15) is 5.82 Å². The van der Waals surface area contributed by atoms with Gasteiger partial charge in [0.2, 0.25) is 0 Å². The van der Waals surface area contributed by atoms with Crippen LogP contribution >= 0.6 is 11.6 Å². The van der Waals surface area contributed by atoms with Gasteiger partial charge in [0.15, 0.2) is 0 Å². The molecular formula is C26H34ClN5O. The standard InChI is InChI=1S/C26H34ClN5O/c1-5-32(20-12-10-19(11-13-20)31(3)4)24-15-18(27)14-21(17(24)2)26(33)28-16-25-29-22-8-6-7-9-23(22)30-25/h6-9,14-15,19-20H,5,10-13,16H2,1-4H3,(H,28,33)(H,29,30)/t19-,20-. The molecule has 1 amide bonds. The van der Waals surface area contributed by atoms with E-state index in [0.717, 1.165) is 47.5 Å². The Bertz CT molecular complexity index is 1080. The predicted octanol–water partition coefficient (Wildman–Crippen LogP) is 5.15. The lowest BCUT2D eigenvalue weighted by Crippen LogP contribution is -2.42. The Kier molecular flexibility index (Phi) is 7.25. The average molecular weight is 468 g/mol. The highest BCUT2D eigenvalue weighted by Gasteiger charge is 2.28. The van der Waals surface area contributed by atoms with Crippen molar-refractivity contribution in [3.8, 4) is 0 Å². The van der Waals surface area contributed by atoms with Crippen LogP contribution in [0, 0.1) is 6.92 Å². The molecule has 1 saturated carbocycles. The number of aromatic amines is 1. The number of carbonyl (C=O) groups excluding carboxylic acids is 1. The maximum Gasteiger partial charge on any atom is 0.252 e. The SMILES string of the molecule is CCN(c1cc(Cl)cc(C(=O)NCc2nc3ccccc3[nH]2)c1C)[C@H]1CC[C@H](N(C)C)CC1. The summed E-state index contributed by atoms with van der Waals surface area (Å²) in [7, 11) is 4.33. The minimum Gasteiger partial charge on any atom is -0.369 e. The summed E-state index contributed by atoms with van der Waals surface area (Å²) < 4.78 is 0. The van der Waals surface area contributed by atoms with E-state index in [2.05, 4.69) is 46.1 Å². The minimum absolute atomic E-state index is 0.135. The number of nitrogens with zero attached hydrogens (tertiary/aromatic N) is 3. The van der Waals surface area contributed by atoms with Crippen molar-refractivity contribution in [1.29, 1.82) is 0 Å². The molecule has 33 heavy (non-hydrogen) atoms. The van der Waals surface area contributed by atoms with Crippen LogP contribution in [-0.4, -0.2) is 53.5 Å². The van der Waals surface area contributed by atoms with Crippen molar-refractivity contribution in [1.82, 2.24) is 20.2 Å². The van der Waals surface area contributed by atoms with E-state index in [-0.39, 0.29) is 5.91 Å². The smallest absolute Gasteiger partial charge is 0.252 e. The maximum absolute atomic E-state index is 13.1. The van der Waals surface area contributed by atoms with Gasteiger partial charge in [0, 0.05) is 34.9 Å². The van der Waals surface area contributed by atoms with E-state index < -0.39 is 0 Å². The fraction of sp³-hybridized carbons (Fsp3) is 0.462. The molecule has 2 N–H and O–H groups in total. The van der Waals surface area contributed by atoms with E-state index in [0.29, 0.717) is 29.2 Å². The average Bonchev–Trinajstić information content (AvgIpc) is 3.23. The molecule has 1 aromatic heterocycles. The Balaban J connectivity index is 1.51. The topological polar surface area (TPSA) is 64.3 Å². The van der Waals surface area contributed by atoms with Crippen LogP contribution in [0.15, 0.2) is 36.4 Å². The van der Waals surface area contributed by atoms with E-state index in [1.54, 1.807) is 6.07 Å². The first-order valence-corrected chi connectivity index (χ1v) is 12.2. The maximum atomic E-state index is 13.1. The number of para-hydroxylation sites is 2. The van der Waals surface area contributed by atoms with Gasteiger partial charge in [-0.1, -0.05) is 23.7 Å². The molecular weight excluding hydrogens is 434 g/mol. The van der Waals surface area contributed by atoms with Crippen molar-refractivity contribution in [3.05, 3.63) is 58.4 Å². The summed E-state index contributed by atoms with van der Waals surface area (Å²) in [5, 5.41) is 3.60. The molecule has 0 radical (unpaired) electrons. The zero-order chi connectivity index (χ0) is 23.5. The first-order chi connectivity index (χ1) is 15.9. The van der Waals surface area contributed by atoms with Gasteiger partial charge in [0.25, 0.3) is 5.91 Å². The van der Waals surface area contributed by atoms with Crippen molar-refractivity contribution < 1.29 is 4.79 Å². The number of rotatable bonds is 7. The van der Waals surface area contributed by atoms with E-state index in [1.165, 1.54) is 12.8 Å². The highest BCUT2D eigenvalue weighted by atomic mass is 35.5. The third-order valence-electron chi connectivity index (χ3n) is 6.93. The summed E-state index contributed by atoms with van der Waals surface area (Å²) in [5.41, 5.74) is 4.51. The second-order valence-electron chi connectivity index (χ2n) is 9.19. The Morgan fingerprint density at radius 2 is 1.85 bits per heavy atom. The van der Waals surface area contributed by atoms with E-state index >= 15 is 0 Å². The Morgan fingerprint density at radius 1 is 1.15 bits per heavy atom. The lowest BCUT2D eigenvalue weighted by molar-refractivity contribution is 0.0949. The Hall–Kier alpha value is -2.57. The lowest BCUT2D eigenvalue weighted by Gasteiger charge is -2.40. The number of aromatic nitrogens is 2. The van der Waals surface area contributed by atoms with Gasteiger partial charge in [-0.05, 0) is 83.5 Å². The Morgan fingerprint density at radius 3 is 2.52 bits per heavy atom. The summed E-state index contributed by atoms with van der Waals surface area (Å²) in [6, 6.07) is 12.7. The molecule has 1 aliphatic rings. The van der Waals surface area contributed by atoms with Gasteiger partial charge >= 0.3 is 0 Å². The first kappa shape index (κ1) is 23.6. The molecule has 1 aliphatic carbocycles. The molecule has 1 fully saturated rings. The van der Waals surface area contributed by atoms with Gasteiger partial charge in [-0.3, -0.25) is 4.79 Å². The fourth-order valence-corrected chi connectivity index (χ4v) is 5.27. The van der Waals surface area contributed by atoms with Crippen molar-refractivity contribution in [2.45, 2.75) is 58.2 Å². The minimum atomic E-state index is -0.135. The zero-order valence-electron chi connectivity index (χ0n) is 20.0. The second-order valence-corrected chi connectivity index (χ2v) is 9.63. The highest BCUT2D eigenvalue weighted by molar-refractivity contribution is 6.31. The zero-order valence-corrected chi connectivity index (χ0v) is 20.7. The van der Waals surface area contributed by atoms with Crippen molar-refractivity contribution >= 4 is 34.2 Å². The van der Waals surface area contributed by atoms with Crippen molar-refractivity contribution in [2.75, 3.05) is 25.5 Å². The van der Waals surface area contributed by atoms with Crippen LogP contribution in [0.3, 0.4) is 0 Å². The lowest BCUT2D eigenvalue weighted by atomic mass is 9.89. The molecule has 0 atom stereocenters. The predicted molar refractivity (Wildman–Crippen MR) is 136 cm³/mol. The van der Waals surface area contributed by atoms with Crippen molar-refractivity contribution in [3.63, 3.8) is 0 Å². The van der Waals surface area contributed by atoms with Crippen LogP contribution in [0.5, 0.6) is 0 Å². The van der Waals surface area contributed by atoms with Gasteiger partial charge in [-0.25, -0.2) is 4.98 Å². The molecule has 2 aromatic carbocycles. The molecule has 3 aromatic rings. The third-order valence-corrected chi connectivity index (χ3v) is 7.15. The molecule has 4 rings (SSSR count). The quantitative estimate of drug-likeness (QED) is 0.504. The molecule has 0 unspecified atom stereocenters. The molecule has 0 spiro atoms. The fourth-order valence-electron chi connectivity index (χ4n) is 5.06. The summed E-state index contributed by atoms with van der Waals surface area (Å²) in [6.45, 7) is 5.43. The van der Waals surface area contributed by atoms with E-state index in [4.69, 9.17) is 11.6 Å². The number of fused-ring (bicyclic) bond motifs is 1. The summed E-state index contributed by atoms with van der Waals surface area (Å²) >= 11 is 6.51. The number of anilines is 1. The number of amides is 1. The first-order valence-electron chi connectivity index (χ1n) is 11.8. The van der Waals surface area contributed by atoms with E-state index in [1.807, 2.05) is 37.3 Å². The molecule has 0 aliphatic heterocycles. The highest BCUT2D eigenvalue weighted by Crippen LogP contribution is 2.34. The van der Waals surface area contributed by atoms with Gasteiger partial charge in [0.05, 0.1) is 17.6 Å². The summed E-state index contributed by atoms with van der Waals surface area (Å²) in [5.74, 6) is 0.598. The monoisotopic (exact) mass is 467 g/mol. The molecule has 6 nitrogen and oxygen atoms in total. The van der Waals surface area contributed by atoms with Crippen LogP contribution in [0.1, 0.15) is 54.4 Å². The largest absolute Gasteiger partial charge is 0.369 e. The van der Waals surface area contributed by atoms with Crippen LogP contribution < -0.4 is 10.2 Å². The Labute approximate surface area is 201 Å². The van der Waals surface area contributed by atoms with E-state index in [9.17, 15) is 4.79 Å². The number of nitrogens with one attached hydrogen (secondary N) is 2. The number of imidazole rings is 1. The normalized spacial score (nSPS) is 18.6. The molecule has 0 saturated heterocycles. The molecule has 0 bridgehead atoms. The number of benzene rings is 2. The number of carbonyl (C=O) groups is 1. The summed E-state index contributed by atoms with van der Waals surface area (Å²) in [4.78, 5) is 25.7. The second kappa shape index (κ2) is 10.1. The van der Waals surface area contributed by atoms with Crippen LogP contribution in [0.2, 0.25) is 5.02 Å². The van der Waals surface area contributed by atoms with Crippen LogP contribution in [0.4, 0.5) is 5.69 Å². The summed E-state index contributed by atoms with van der Waals surface area (Å²) in [6.07, 6.45) is 4.68.